The zero-order valence-corrected chi connectivity index (χ0v) is 24.4. The first-order chi connectivity index (χ1) is 17.4. The molecule has 0 amide bonds. The lowest BCUT2D eigenvalue weighted by atomic mass is 10.1. The van der Waals surface area contributed by atoms with Crippen molar-refractivity contribution in [2.45, 2.75) is 163 Å². The van der Waals surface area contributed by atoms with Crippen LogP contribution >= 0.6 is 0 Å². The Kier molecular flexibility index (Phi) is 25.5. The second-order valence-electron chi connectivity index (χ2n) is 10.3. The molecule has 37 heavy (non-hydrogen) atoms. The van der Waals surface area contributed by atoms with Crippen LogP contribution in [0.15, 0.2) is 0 Å². The Hall–Kier alpha value is -2.12. The number of carboxylic acid groups (broad SMARTS) is 1. The monoisotopic (exact) mass is 530 g/mol. The van der Waals surface area contributed by atoms with Crippen molar-refractivity contribution in [3.8, 4) is 0 Å². The van der Waals surface area contributed by atoms with Crippen molar-refractivity contribution in [1.82, 2.24) is 0 Å². The Bertz CT molecular complexity index is 571. The Balaban J connectivity index is 0. The molecule has 0 bridgehead atoms. The van der Waals surface area contributed by atoms with E-state index in [1.165, 1.54) is 0 Å². The number of aliphatic carboxylic acids is 1. The average Bonchev–Trinajstić information content (AvgIpc) is 2.76. The van der Waals surface area contributed by atoms with Gasteiger partial charge in [0.15, 0.2) is 0 Å². The molecule has 0 fully saturated rings. The quantitative estimate of drug-likeness (QED) is 0.0944. The molecule has 0 saturated heterocycles. The zero-order valence-electron chi connectivity index (χ0n) is 24.4. The van der Waals surface area contributed by atoms with Crippen LogP contribution in [-0.4, -0.2) is 47.3 Å². The fourth-order valence-corrected chi connectivity index (χ4v) is 3.46. The van der Waals surface area contributed by atoms with Gasteiger partial charge in [0.05, 0.1) is 18.3 Å². The summed E-state index contributed by atoms with van der Waals surface area (Å²) >= 11 is 0. The molecule has 0 atom stereocenters. The van der Waals surface area contributed by atoms with Crippen molar-refractivity contribution in [3.63, 3.8) is 0 Å². The van der Waals surface area contributed by atoms with Crippen molar-refractivity contribution in [1.29, 1.82) is 0 Å². The minimum Gasteiger partial charge on any atom is -0.481 e. The molecule has 0 saturated carbocycles. The van der Waals surface area contributed by atoms with Gasteiger partial charge >= 0.3 is 23.9 Å². The highest BCUT2D eigenvalue weighted by molar-refractivity contribution is 5.70. The van der Waals surface area contributed by atoms with Crippen LogP contribution in [0.25, 0.3) is 0 Å². The minimum atomic E-state index is -0.721. The molecule has 0 aromatic rings. The first-order valence-corrected chi connectivity index (χ1v) is 14.2. The number of carbonyl (C=O) groups is 4. The van der Waals surface area contributed by atoms with Crippen LogP contribution in [0, 0.1) is 0 Å². The SMILES string of the molecule is CC(C)OC(=O)CCCCCCCCC(=O)O.CC(C)OC(=O)CCCCCCCCC(=O)OC(C)C. The molecule has 0 rings (SSSR count). The maximum atomic E-state index is 11.3. The second kappa shape index (κ2) is 25.5. The van der Waals surface area contributed by atoms with Gasteiger partial charge in [-0.25, -0.2) is 0 Å². The van der Waals surface area contributed by atoms with Crippen LogP contribution in [0.4, 0.5) is 0 Å². The van der Waals surface area contributed by atoms with Crippen LogP contribution in [0.1, 0.15) is 144 Å². The van der Waals surface area contributed by atoms with Gasteiger partial charge in [0.1, 0.15) is 0 Å². The van der Waals surface area contributed by atoms with Crippen LogP contribution in [0.5, 0.6) is 0 Å². The molecule has 0 unspecified atom stereocenters. The van der Waals surface area contributed by atoms with E-state index < -0.39 is 5.97 Å². The van der Waals surface area contributed by atoms with Crippen molar-refractivity contribution >= 4 is 23.9 Å². The summed E-state index contributed by atoms with van der Waals surface area (Å²) in [6.07, 6.45) is 13.5. The Morgan fingerprint density at radius 3 is 0.865 bits per heavy atom. The van der Waals surface area contributed by atoms with E-state index in [1.807, 2.05) is 41.5 Å². The average molecular weight is 531 g/mol. The van der Waals surface area contributed by atoms with Gasteiger partial charge in [0.25, 0.3) is 0 Å². The van der Waals surface area contributed by atoms with Gasteiger partial charge in [-0.1, -0.05) is 51.4 Å². The third-order valence-electron chi connectivity index (χ3n) is 5.13. The summed E-state index contributed by atoms with van der Waals surface area (Å²) in [6.45, 7) is 11.1. The van der Waals surface area contributed by atoms with Crippen LogP contribution in [0.3, 0.4) is 0 Å². The van der Waals surface area contributed by atoms with Gasteiger partial charge in [-0.15, -0.1) is 0 Å². The summed E-state index contributed by atoms with van der Waals surface area (Å²) < 4.78 is 15.1. The van der Waals surface area contributed by atoms with Gasteiger partial charge in [0.2, 0.25) is 0 Å². The van der Waals surface area contributed by atoms with E-state index in [2.05, 4.69) is 0 Å². The summed E-state index contributed by atoms with van der Waals surface area (Å²) in [5.74, 6) is -1.04. The van der Waals surface area contributed by atoms with E-state index >= 15 is 0 Å². The molecule has 0 aromatic carbocycles. The molecule has 0 radical (unpaired) electrons. The molecular formula is C29H54O8. The predicted molar refractivity (Wildman–Crippen MR) is 145 cm³/mol. The Labute approximate surface area is 225 Å². The van der Waals surface area contributed by atoms with Gasteiger partial charge in [0, 0.05) is 25.7 Å². The summed E-state index contributed by atoms with van der Waals surface area (Å²) in [6, 6.07) is 0. The lowest BCUT2D eigenvalue weighted by molar-refractivity contribution is -0.148. The van der Waals surface area contributed by atoms with Crippen molar-refractivity contribution in [2.75, 3.05) is 0 Å². The molecule has 0 aliphatic heterocycles. The number of unbranched alkanes of at least 4 members (excludes halogenated alkanes) is 10. The highest BCUT2D eigenvalue weighted by atomic mass is 16.5. The van der Waals surface area contributed by atoms with Crippen LogP contribution in [0.2, 0.25) is 0 Å². The van der Waals surface area contributed by atoms with Gasteiger partial charge in [-0.2, -0.15) is 0 Å². The molecule has 218 valence electrons. The van der Waals surface area contributed by atoms with E-state index in [0.29, 0.717) is 19.3 Å². The first kappa shape index (κ1) is 37.0. The molecule has 0 aliphatic rings. The number of hydrogen-bond acceptors (Lipinski definition) is 7. The highest BCUT2D eigenvalue weighted by Crippen LogP contribution is 2.11. The third kappa shape index (κ3) is 33.9. The zero-order chi connectivity index (χ0) is 28.5. The van der Waals surface area contributed by atoms with Gasteiger partial charge < -0.3 is 19.3 Å². The number of carboxylic acids is 1. The third-order valence-corrected chi connectivity index (χ3v) is 5.13. The molecule has 0 heterocycles. The molecule has 8 nitrogen and oxygen atoms in total. The number of esters is 3. The summed E-state index contributed by atoms with van der Waals surface area (Å²) in [7, 11) is 0. The number of hydrogen-bond donors (Lipinski definition) is 1. The normalized spacial score (nSPS) is 10.7. The number of ether oxygens (including phenoxy) is 3. The summed E-state index contributed by atoms with van der Waals surface area (Å²) in [4.78, 5) is 44.0. The number of carbonyl (C=O) groups excluding carboxylic acids is 3. The van der Waals surface area contributed by atoms with E-state index in [9.17, 15) is 19.2 Å². The number of rotatable bonds is 21. The molecular weight excluding hydrogens is 476 g/mol. The smallest absolute Gasteiger partial charge is 0.306 e. The molecule has 0 aliphatic carbocycles. The predicted octanol–water partition coefficient (Wildman–Crippen LogP) is 7.15. The molecule has 0 spiro atoms. The highest BCUT2D eigenvalue weighted by Gasteiger charge is 2.06. The van der Waals surface area contributed by atoms with Gasteiger partial charge in [-0.3, -0.25) is 19.2 Å². The van der Waals surface area contributed by atoms with E-state index in [4.69, 9.17) is 19.3 Å². The van der Waals surface area contributed by atoms with Crippen LogP contribution < -0.4 is 0 Å². The van der Waals surface area contributed by atoms with Crippen molar-refractivity contribution < 1.29 is 38.5 Å². The summed E-state index contributed by atoms with van der Waals surface area (Å²) in [5.41, 5.74) is 0. The van der Waals surface area contributed by atoms with Crippen molar-refractivity contribution in [2.24, 2.45) is 0 Å². The maximum absolute atomic E-state index is 11.3. The van der Waals surface area contributed by atoms with Crippen LogP contribution in [-0.2, 0) is 33.4 Å². The fourth-order valence-electron chi connectivity index (χ4n) is 3.46. The Morgan fingerprint density at radius 2 is 0.649 bits per heavy atom. The minimum absolute atomic E-state index is 0.0203. The van der Waals surface area contributed by atoms with E-state index in [1.54, 1.807) is 0 Å². The molecule has 8 heteroatoms. The van der Waals surface area contributed by atoms with Crippen molar-refractivity contribution in [3.05, 3.63) is 0 Å². The second-order valence-corrected chi connectivity index (χ2v) is 10.3. The Morgan fingerprint density at radius 1 is 0.432 bits per heavy atom. The molecule has 1 N–H and O–H groups in total. The van der Waals surface area contributed by atoms with E-state index in [0.717, 1.165) is 77.0 Å². The lowest BCUT2D eigenvalue weighted by Crippen LogP contribution is -2.11. The molecule has 0 aromatic heterocycles. The van der Waals surface area contributed by atoms with E-state index in [-0.39, 0.29) is 42.6 Å². The summed E-state index contributed by atoms with van der Waals surface area (Å²) in [5, 5.41) is 8.44. The fraction of sp³-hybridized carbons (Fsp3) is 0.862. The topological polar surface area (TPSA) is 116 Å². The largest absolute Gasteiger partial charge is 0.481 e. The standard InChI is InChI=1S/C16H30O4.C13H24O4/c1-13(2)19-15(17)11-9-7-5-6-8-10-12-16(18)20-14(3)4;1-11(2)17-13(16)10-8-6-4-3-5-7-9-12(14)15/h13-14H,5-12H2,1-4H3;11H,3-10H2,1-2H3,(H,14,15). The lowest BCUT2D eigenvalue weighted by Gasteiger charge is -2.08. The van der Waals surface area contributed by atoms with Gasteiger partial charge in [-0.05, 0) is 67.2 Å². The first-order valence-electron chi connectivity index (χ1n) is 14.2. The maximum Gasteiger partial charge on any atom is 0.306 e.